The lowest BCUT2D eigenvalue weighted by Gasteiger charge is -2.35. The number of rotatable bonds is 3. The first kappa shape index (κ1) is 17.2. The van der Waals surface area contributed by atoms with E-state index < -0.39 is 0 Å². The highest BCUT2D eigenvalue weighted by molar-refractivity contribution is 5.79. The topological polar surface area (TPSA) is 69.4 Å². The van der Waals surface area contributed by atoms with Crippen molar-refractivity contribution in [1.29, 1.82) is 0 Å². The van der Waals surface area contributed by atoms with E-state index in [0.717, 1.165) is 38.1 Å². The first-order valence-electron chi connectivity index (χ1n) is 9.01. The van der Waals surface area contributed by atoms with Gasteiger partial charge in [-0.15, -0.1) is 0 Å². The first-order valence-corrected chi connectivity index (χ1v) is 9.01. The van der Waals surface area contributed by atoms with Gasteiger partial charge in [-0.2, -0.15) is 5.10 Å². The zero-order valence-electron chi connectivity index (χ0n) is 14.9. The Morgan fingerprint density at radius 1 is 1.25 bits per heavy atom. The Labute approximate surface area is 142 Å². The number of amides is 1. The fourth-order valence-electron chi connectivity index (χ4n) is 3.85. The average Bonchev–Trinajstić information content (AvgIpc) is 2.90. The fourth-order valence-corrected chi connectivity index (χ4v) is 3.85. The summed E-state index contributed by atoms with van der Waals surface area (Å²) < 4.78 is 8.55. The van der Waals surface area contributed by atoms with Gasteiger partial charge in [0.2, 0.25) is 5.91 Å². The summed E-state index contributed by atoms with van der Waals surface area (Å²) in [7, 11) is 1.69. The van der Waals surface area contributed by atoms with Crippen LogP contribution in [0.2, 0.25) is 0 Å². The maximum Gasteiger partial charge on any atom is 0.345 e. The number of hydrogen-bond donors (Lipinski definition) is 0. The van der Waals surface area contributed by atoms with E-state index in [1.54, 1.807) is 11.6 Å². The van der Waals surface area contributed by atoms with Crippen LogP contribution in [-0.4, -0.2) is 51.5 Å². The van der Waals surface area contributed by atoms with E-state index in [-0.39, 0.29) is 29.5 Å². The average molecular weight is 336 g/mol. The van der Waals surface area contributed by atoms with E-state index in [4.69, 9.17) is 4.74 Å². The molecule has 1 amide bonds. The minimum atomic E-state index is -0.0760. The molecule has 134 valence electrons. The number of aryl methyl sites for hydroxylation is 1. The molecule has 1 aromatic rings. The molecule has 0 radical (unpaired) electrons. The van der Waals surface area contributed by atoms with Gasteiger partial charge in [-0.1, -0.05) is 0 Å². The quantitative estimate of drug-likeness (QED) is 0.834. The number of aromatic nitrogens is 3. The summed E-state index contributed by atoms with van der Waals surface area (Å²) in [5, 5.41) is 4.47. The molecule has 3 rings (SSSR count). The number of nitrogens with zero attached hydrogens (tertiary/aromatic N) is 4. The van der Waals surface area contributed by atoms with Gasteiger partial charge < -0.3 is 9.64 Å². The minimum absolute atomic E-state index is 0.0720. The van der Waals surface area contributed by atoms with Gasteiger partial charge in [0, 0.05) is 51.2 Å². The summed E-state index contributed by atoms with van der Waals surface area (Å²) in [5.74, 6) is 1.30. The molecule has 2 saturated heterocycles. The molecular formula is C17H28N4O3. The van der Waals surface area contributed by atoms with Crippen molar-refractivity contribution < 1.29 is 9.53 Å². The largest absolute Gasteiger partial charge is 0.381 e. The Balaban J connectivity index is 1.77. The third-order valence-corrected chi connectivity index (χ3v) is 5.17. The molecule has 1 aromatic heterocycles. The highest BCUT2D eigenvalue weighted by Gasteiger charge is 2.33. The Morgan fingerprint density at radius 2 is 1.96 bits per heavy atom. The summed E-state index contributed by atoms with van der Waals surface area (Å²) in [6, 6.07) is 0.0720. The molecule has 2 aliphatic rings. The van der Waals surface area contributed by atoms with E-state index in [0.29, 0.717) is 19.8 Å². The van der Waals surface area contributed by atoms with Crippen LogP contribution in [0, 0.1) is 5.92 Å². The number of carbonyl (C=O) groups excluding carboxylic acids is 1. The van der Waals surface area contributed by atoms with Gasteiger partial charge in [0.25, 0.3) is 0 Å². The van der Waals surface area contributed by atoms with E-state index in [9.17, 15) is 9.59 Å². The van der Waals surface area contributed by atoms with Gasteiger partial charge in [-0.25, -0.2) is 9.48 Å². The molecule has 0 saturated carbocycles. The summed E-state index contributed by atoms with van der Waals surface area (Å²) in [5.41, 5.74) is -0.0760. The van der Waals surface area contributed by atoms with Crippen LogP contribution in [0.5, 0.6) is 0 Å². The molecule has 0 N–H and O–H groups in total. The van der Waals surface area contributed by atoms with Crippen molar-refractivity contribution in [2.75, 3.05) is 26.3 Å². The fraction of sp³-hybridized carbons (Fsp3) is 0.824. The van der Waals surface area contributed by atoms with E-state index in [1.165, 1.54) is 4.68 Å². The lowest BCUT2D eigenvalue weighted by atomic mass is 9.93. The van der Waals surface area contributed by atoms with Crippen molar-refractivity contribution >= 4 is 5.91 Å². The lowest BCUT2D eigenvalue weighted by molar-refractivity contribution is -0.139. The van der Waals surface area contributed by atoms with Crippen LogP contribution in [0.4, 0.5) is 0 Å². The number of ether oxygens (including phenoxy) is 1. The van der Waals surface area contributed by atoms with Gasteiger partial charge >= 0.3 is 5.69 Å². The molecule has 0 spiro atoms. The van der Waals surface area contributed by atoms with Crippen molar-refractivity contribution in [2.24, 2.45) is 13.0 Å². The second kappa shape index (κ2) is 7.09. The molecule has 0 aliphatic carbocycles. The summed E-state index contributed by atoms with van der Waals surface area (Å²) in [4.78, 5) is 27.1. The number of likely N-dealkylation sites (tertiary alicyclic amines) is 1. The maximum atomic E-state index is 12.8. The van der Waals surface area contributed by atoms with Gasteiger partial charge in [-0.05, 0) is 39.5 Å². The van der Waals surface area contributed by atoms with Crippen LogP contribution >= 0.6 is 0 Å². The van der Waals surface area contributed by atoms with Gasteiger partial charge in [0.15, 0.2) is 0 Å². The highest BCUT2D eigenvalue weighted by Crippen LogP contribution is 2.28. The maximum absolute atomic E-state index is 12.8. The van der Waals surface area contributed by atoms with E-state index in [1.807, 2.05) is 18.7 Å². The predicted octanol–water partition coefficient (Wildman–Crippen LogP) is 1.30. The Kier molecular flexibility index (Phi) is 5.08. The van der Waals surface area contributed by atoms with E-state index >= 15 is 0 Å². The molecule has 24 heavy (non-hydrogen) atoms. The van der Waals surface area contributed by atoms with Crippen molar-refractivity contribution in [3.63, 3.8) is 0 Å². The van der Waals surface area contributed by atoms with Gasteiger partial charge in [0.1, 0.15) is 5.82 Å². The molecule has 7 heteroatoms. The molecule has 2 fully saturated rings. The van der Waals surface area contributed by atoms with Crippen LogP contribution in [0.25, 0.3) is 0 Å². The summed E-state index contributed by atoms with van der Waals surface area (Å²) >= 11 is 0. The minimum Gasteiger partial charge on any atom is -0.381 e. The molecule has 0 bridgehead atoms. The number of hydrogen-bond acceptors (Lipinski definition) is 4. The summed E-state index contributed by atoms with van der Waals surface area (Å²) in [6.45, 7) is 6.84. The number of piperidine rings is 1. The highest BCUT2D eigenvalue weighted by atomic mass is 16.5. The van der Waals surface area contributed by atoms with Gasteiger partial charge in [0.05, 0.1) is 0 Å². The first-order chi connectivity index (χ1) is 11.5. The summed E-state index contributed by atoms with van der Waals surface area (Å²) in [6.07, 6.45) is 3.57. The van der Waals surface area contributed by atoms with Crippen LogP contribution in [0.1, 0.15) is 57.3 Å². The zero-order valence-corrected chi connectivity index (χ0v) is 14.9. The van der Waals surface area contributed by atoms with Crippen LogP contribution < -0.4 is 5.69 Å². The van der Waals surface area contributed by atoms with Crippen LogP contribution in [-0.2, 0) is 16.6 Å². The van der Waals surface area contributed by atoms with Crippen molar-refractivity contribution in [3.8, 4) is 0 Å². The molecule has 3 heterocycles. The Bertz CT molecular complexity index is 643. The third kappa shape index (κ3) is 3.27. The normalized spacial score (nSPS) is 23.0. The van der Waals surface area contributed by atoms with Crippen molar-refractivity contribution in [2.45, 2.75) is 51.5 Å². The van der Waals surface area contributed by atoms with Gasteiger partial charge in [-0.3, -0.25) is 9.36 Å². The zero-order chi connectivity index (χ0) is 17.3. The van der Waals surface area contributed by atoms with Crippen molar-refractivity contribution in [1.82, 2.24) is 19.2 Å². The number of carbonyl (C=O) groups is 1. The van der Waals surface area contributed by atoms with E-state index in [2.05, 4.69) is 5.10 Å². The second-order valence-corrected chi connectivity index (χ2v) is 7.24. The second-order valence-electron chi connectivity index (χ2n) is 7.24. The SMILES string of the molecule is CC(C)n1c(C2CCCN(C(=O)C3CCOCC3)C2)nn(C)c1=O. The molecule has 7 nitrogen and oxygen atoms in total. The molecule has 2 aliphatic heterocycles. The van der Waals surface area contributed by atoms with Crippen LogP contribution in [0.3, 0.4) is 0 Å². The molecule has 1 atom stereocenters. The standard InChI is InChI=1S/C17H28N4O3/c1-12(2)21-15(18-19(3)17(21)23)14-5-4-8-20(11-14)16(22)13-6-9-24-10-7-13/h12-14H,4-11H2,1-3H3. The van der Waals surface area contributed by atoms with Crippen LogP contribution in [0.15, 0.2) is 4.79 Å². The van der Waals surface area contributed by atoms with Crippen molar-refractivity contribution in [3.05, 3.63) is 16.3 Å². The lowest BCUT2D eigenvalue weighted by Crippen LogP contribution is -2.44. The predicted molar refractivity (Wildman–Crippen MR) is 90.0 cm³/mol. The smallest absolute Gasteiger partial charge is 0.345 e. The molecular weight excluding hydrogens is 308 g/mol. The molecule has 0 aromatic carbocycles. The third-order valence-electron chi connectivity index (χ3n) is 5.17. The Morgan fingerprint density at radius 3 is 2.62 bits per heavy atom. The molecule has 1 unspecified atom stereocenters. The monoisotopic (exact) mass is 336 g/mol. The Hall–Kier alpha value is -1.63.